The van der Waals surface area contributed by atoms with Crippen LogP contribution in [0.2, 0.25) is 0 Å². The number of nitrogens with two attached hydrogens (primary N) is 1. The summed E-state index contributed by atoms with van der Waals surface area (Å²) in [6.07, 6.45) is 5.21. The molecular formula is C15H32N2. The van der Waals surface area contributed by atoms with Crippen LogP contribution in [0.5, 0.6) is 0 Å². The van der Waals surface area contributed by atoms with E-state index in [1.54, 1.807) is 0 Å². The van der Waals surface area contributed by atoms with Crippen LogP contribution in [0.3, 0.4) is 0 Å². The van der Waals surface area contributed by atoms with E-state index in [1.807, 2.05) is 0 Å². The van der Waals surface area contributed by atoms with Gasteiger partial charge in [0.15, 0.2) is 0 Å². The minimum Gasteiger partial charge on any atom is -0.329 e. The number of likely N-dealkylation sites (N-methyl/N-ethyl adjacent to an activating group) is 1. The van der Waals surface area contributed by atoms with E-state index >= 15 is 0 Å². The van der Waals surface area contributed by atoms with E-state index in [2.05, 4.69) is 39.6 Å². The smallest absolute Gasteiger partial charge is 0.0354 e. The molecule has 2 N–H and O–H groups in total. The maximum absolute atomic E-state index is 6.15. The first-order valence-corrected chi connectivity index (χ1v) is 7.37. The zero-order chi connectivity index (χ0) is 13.1. The zero-order valence-electron chi connectivity index (χ0n) is 12.5. The Morgan fingerprint density at radius 3 is 2.53 bits per heavy atom. The van der Waals surface area contributed by atoms with Crippen molar-refractivity contribution in [3.05, 3.63) is 0 Å². The summed E-state index contributed by atoms with van der Waals surface area (Å²) < 4.78 is 0. The summed E-state index contributed by atoms with van der Waals surface area (Å²) in [5, 5.41) is 0. The standard InChI is InChI=1S/C15H32N2/c1-6-12(2)10-17(5)15(11-16)8-7-13(3)9-14(15)4/h12-14H,6-11,16H2,1-5H3. The van der Waals surface area contributed by atoms with Crippen LogP contribution >= 0.6 is 0 Å². The molecule has 1 aliphatic carbocycles. The van der Waals surface area contributed by atoms with E-state index in [1.165, 1.54) is 32.2 Å². The van der Waals surface area contributed by atoms with Crippen molar-refractivity contribution in [2.45, 2.75) is 58.9 Å². The van der Waals surface area contributed by atoms with E-state index in [-0.39, 0.29) is 5.54 Å². The minimum atomic E-state index is 0.260. The summed E-state index contributed by atoms with van der Waals surface area (Å²) >= 11 is 0. The summed E-state index contributed by atoms with van der Waals surface area (Å²) in [7, 11) is 2.28. The Hall–Kier alpha value is -0.0800. The lowest BCUT2D eigenvalue weighted by molar-refractivity contribution is 0.00978. The van der Waals surface area contributed by atoms with Gasteiger partial charge in [0.25, 0.3) is 0 Å². The average molecular weight is 240 g/mol. The SMILES string of the molecule is CCC(C)CN(C)C1(CN)CCC(C)CC1C. The third kappa shape index (κ3) is 3.23. The van der Waals surface area contributed by atoms with Gasteiger partial charge >= 0.3 is 0 Å². The Kier molecular flexibility index (Phi) is 5.46. The molecule has 2 nitrogen and oxygen atoms in total. The van der Waals surface area contributed by atoms with Gasteiger partial charge < -0.3 is 5.73 Å². The fourth-order valence-corrected chi connectivity index (χ4v) is 3.49. The highest BCUT2D eigenvalue weighted by atomic mass is 15.2. The first-order valence-electron chi connectivity index (χ1n) is 7.37. The largest absolute Gasteiger partial charge is 0.329 e. The van der Waals surface area contributed by atoms with E-state index in [9.17, 15) is 0 Å². The van der Waals surface area contributed by atoms with Crippen LogP contribution < -0.4 is 5.73 Å². The summed E-state index contributed by atoms with van der Waals surface area (Å²) in [5.74, 6) is 2.38. The monoisotopic (exact) mass is 240 g/mol. The van der Waals surface area contributed by atoms with Crippen molar-refractivity contribution in [1.29, 1.82) is 0 Å². The molecule has 1 aliphatic rings. The quantitative estimate of drug-likeness (QED) is 0.800. The molecule has 1 saturated carbocycles. The fourth-order valence-electron chi connectivity index (χ4n) is 3.49. The van der Waals surface area contributed by atoms with Crippen molar-refractivity contribution in [1.82, 2.24) is 4.90 Å². The molecule has 102 valence electrons. The van der Waals surface area contributed by atoms with E-state index in [0.717, 1.165) is 24.3 Å². The molecule has 1 rings (SSSR count). The second-order valence-corrected chi connectivity index (χ2v) is 6.48. The number of hydrogen-bond acceptors (Lipinski definition) is 2. The van der Waals surface area contributed by atoms with Crippen molar-refractivity contribution >= 4 is 0 Å². The highest BCUT2D eigenvalue weighted by Gasteiger charge is 2.42. The maximum atomic E-state index is 6.15. The Morgan fingerprint density at radius 1 is 1.41 bits per heavy atom. The molecule has 4 atom stereocenters. The van der Waals surface area contributed by atoms with E-state index < -0.39 is 0 Å². The van der Waals surface area contributed by atoms with Gasteiger partial charge in [-0.3, -0.25) is 4.90 Å². The van der Waals surface area contributed by atoms with E-state index in [0.29, 0.717) is 0 Å². The van der Waals surface area contributed by atoms with Crippen molar-refractivity contribution in [3.8, 4) is 0 Å². The molecule has 0 aromatic rings. The van der Waals surface area contributed by atoms with Crippen molar-refractivity contribution in [2.75, 3.05) is 20.1 Å². The maximum Gasteiger partial charge on any atom is 0.0354 e. The van der Waals surface area contributed by atoms with Gasteiger partial charge in [-0.2, -0.15) is 0 Å². The van der Waals surface area contributed by atoms with Gasteiger partial charge in [-0.1, -0.05) is 34.1 Å². The van der Waals surface area contributed by atoms with Crippen LogP contribution in [0.1, 0.15) is 53.4 Å². The predicted octanol–water partition coefficient (Wildman–Crippen LogP) is 3.12. The van der Waals surface area contributed by atoms with Crippen molar-refractivity contribution in [3.63, 3.8) is 0 Å². The van der Waals surface area contributed by atoms with Crippen LogP contribution in [0.15, 0.2) is 0 Å². The van der Waals surface area contributed by atoms with E-state index in [4.69, 9.17) is 5.73 Å². The molecule has 0 spiro atoms. The molecule has 0 aromatic heterocycles. The number of nitrogens with zero attached hydrogens (tertiary/aromatic N) is 1. The Morgan fingerprint density at radius 2 is 2.06 bits per heavy atom. The summed E-state index contributed by atoms with van der Waals surface area (Å²) in [5.41, 5.74) is 6.41. The lowest BCUT2D eigenvalue weighted by atomic mass is 9.69. The van der Waals surface area contributed by atoms with Gasteiger partial charge in [-0.05, 0) is 44.1 Å². The van der Waals surface area contributed by atoms with Gasteiger partial charge in [0.2, 0.25) is 0 Å². The molecule has 0 aromatic carbocycles. The van der Waals surface area contributed by atoms with Crippen molar-refractivity contribution < 1.29 is 0 Å². The molecule has 0 amide bonds. The van der Waals surface area contributed by atoms with Gasteiger partial charge in [-0.15, -0.1) is 0 Å². The van der Waals surface area contributed by atoms with Crippen LogP contribution in [-0.4, -0.2) is 30.6 Å². The van der Waals surface area contributed by atoms with Crippen LogP contribution in [-0.2, 0) is 0 Å². The van der Waals surface area contributed by atoms with Crippen LogP contribution in [0, 0.1) is 17.8 Å². The fraction of sp³-hybridized carbons (Fsp3) is 1.00. The summed E-state index contributed by atoms with van der Waals surface area (Å²) in [4.78, 5) is 2.57. The first-order chi connectivity index (χ1) is 7.96. The molecule has 0 heterocycles. The molecule has 1 fully saturated rings. The van der Waals surface area contributed by atoms with Crippen molar-refractivity contribution in [2.24, 2.45) is 23.5 Å². The molecule has 17 heavy (non-hydrogen) atoms. The summed E-state index contributed by atoms with van der Waals surface area (Å²) in [6.45, 7) is 11.4. The molecule has 0 saturated heterocycles. The third-order valence-corrected chi connectivity index (χ3v) is 5.14. The second kappa shape index (κ2) is 6.19. The Balaban J connectivity index is 2.73. The Bertz CT molecular complexity index is 229. The topological polar surface area (TPSA) is 29.3 Å². The average Bonchev–Trinajstić information content (AvgIpc) is 2.29. The molecule has 0 radical (unpaired) electrons. The molecule has 4 unspecified atom stereocenters. The molecule has 0 bridgehead atoms. The first kappa shape index (κ1) is 15.0. The zero-order valence-corrected chi connectivity index (χ0v) is 12.5. The lowest BCUT2D eigenvalue weighted by Crippen LogP contribution is -2.59. The highest BCUT2D eigenvalue weighted by Crippen LogP contribution is 2.40. The van der Waals surface area contributed by atoms with Gasteiger partial charge in [0.05, 0.1) is 0 Å². The summed E-state index contributed by atoms with van der Waals surface area (Å²) in [6, 6.07) is 0. The lowest BCUT2D eigenvalue weighted by Gasteiger charge is -2.50. The van der Waals surface area contributed by atoms with Crippen LogP contribution in [0.4, 0.5) is 0 Å². The minimum absolute atomic E-state index is 0.260. The predicted molar refractivity (Wildman–Crippen MR) is 76.0 cm³/mol. The highest BCUT2D eigenvalue weighted by molar-refractivity contribution is 4.98. The second-order valence-electron chi connectivity index (χ2n) is 6.48. The van der Waals surface area contributed by atoms with Gasteiger partial charge in [-0.25, -0.2) is 0 Å². The van der Waals surface area contributed by atoms with Gasteiger partial charge in [0.1, 0.15) is 0 Å². The molecule has 2 heteroatoms. The number of hydrogen-bond donors (Lipinski definition) is 1. The van der Waals surface area contributed by atoms with Crippen LogP contribution in [0.25, 0.3) is 0 Å². The molecule has 0 aliphatic heterocycles. The normalized spacial score (nSPS) is 36.2. The third-order valence-electron chi connectivity index (χ3n) is 5.14. The van der Waals surface area contributed by atoms with Gasteiger partial charge in [0, 0.05) is 18.6 Å². The number of rotatable bonds is 5. The molecular weight excluding hydrogens is 208 g/mol. The Labute approximate surface area is 108 Å².